The second kappa shape index (κ2) is 5.19. The monoisotopic (exact) mass is 219 g/mol. The molecule has 0 saturated carbocycles. The molecule has 0 spiro atoms. The normalized spacial score (nSPS) is 11.6. The highest BCUT2D eigenvalue weighted by Crippen LogP contribution is 2.25. The molecular formula is C11H13N3O2. The van der Waals surface area contributed by atoms with E-state index in [2.05, 4.69) is 10.0 Å². The van der Waals surface area contributed by atoms with E-state index in [0.29, 0.717) is 0 Å². The van der Waals surface area contributed by atoms with E-state index < -0.39 is 12.0 Å². The minimum Gasteiger partial charge on any atom is -0.481 e. The van der Waals surface area contributed by atoms with Crippen LogP contribution in [0.15, 0.2) is 23.3 Å². The molecule has 1 atom stereocenters. The van der Waals surface area contributed by atoms with Crippen LogP contribution in [0.25, 0.3) is 10.4 Å². The SMILES string of the molecule is Cc1ccc(C(CC(=O)O)N=[N+]=[N-])c(C)c1. The van der Waals surface area contributed by atoms with Gasteiger partial charge in [0.25, 0.3) is 0 Å². The van der Waals surface area contributed by atoms with E-state index in [1.165, 1.54) is 0 Å². The third kappa shape index (κ3) is 3.00. The number of hydrogen-bond acceptors (Lipinski definition) is 2. The summed E-state index contributed by atoms with van der Waals surface area (Å²) in [6.07, 6.45) is -0.187. The molecule has 1 aromatic rings. The number of hydrogen-bond donors (Lipinski definition) is 1. The van der Waals surface area contributed by atoms with Crippen LogP contribution < -0.4 is 0 Å². The van der Waals surface area contributed by atoms with Crippen molar-refractivity contribution in [3.63, 3.8) is 0 Å². The summed E-state index contributed by atoms with van der Waals surface area (Å²) in [6, 6.07) is 5.00. The van der Waals surface area contributed by atoms with Crippen molar-refractivity contribution in [2.45, 2.75) is 26.3 Å². The molecular weight excluding hydrogens is 206 g/mol. The Morgan fingerprint density at radius 3 is 2.75 bits per heavy atom. The van der Waals surface area contributed by atoms with Crippen LogP contribution in [0.2, 0.25) is 0 Å². The van der Waals surface area contributed by atoms with Crippen LogP contribution in [-0.4, -0.2) is 11.1 Å². The number of aryl methyl sites for hydroxylation is 2. The van der Waals surface area contributed by atoms with E-state index in [1.54, 1.807) is 0 Å². The van der Waals surface area contributed by atoms with Crippen molar-refractivity contribution in [2.75, 3.05) is 0 Å². The zero-order valence-corrected chi connectivity index (χ0v) is 9.21. The first-order valence-corrected chi connectivity index (χ1v) is 4.87. The zero-order valence-electron chi connectivity index (χ0n) is 9.21. The van der Waals surface area contributed by atoms with E-state index in [-0.39, 0.29) is 6.42 Å². The second-order valence-electron chi connectivity index (χ2n) is 3.68. The number of carboxylic acid groups (broad SMARTS) is 1. The van der Waals surface area contributed by atoms with Gasteiger partial charge in [-0.25, -0.2) is 0 Å². The van der Waals surface area contributed by atoms with Crippen LogP contribution in [0, 0.1) is 13.8 Å². The maximum absolute atomic E-state index is 10.7. The number of carboxylic acids is 1. The Morgan fingerprint density at radius 2 is 2.25 bits per heavy atom. The van der Waals surface area contributed by atoms with E-state index in [1.807, 2.05) is 32.0 Å². The summed E-state index contributed by atoms with van der Waals surface area (Å²) in [5.41, 5.74) is 11.2. The van der Waals surface area contributed by atoms with Gasteiger partial charge in [-0.1, -0.05) is 28.9 Å². The van der Waals surface area contributed by atoms with Gasteiger partial charge in [-0.2, -0.15) is 0 Å². The van der Waals surface area contributed by atoms with Crippen molar-refractivity contribution in [1.29, 1.82) is 0 Å². The molecule has 0 radical (unpaired) electrons. The van der Waals surface area contributed by atoms with Crippen LogP contribution in [-0.2, 0) is 4.79 Å². The quantitative estimate of drug-likeness (QED) is 0.479. The second-order valence-corrected chi connectivity index (χ2v) is 3.68. The molecule has 0 aromatic heterocycles. The van der Waals surface area contributed by atoms with Crippen molar-refractivity contribution >= 4 is 5.97 Å². The minimum atomic E-state index is -0.975. The van der Waals surface area contributed by atoms with Crippen LogP contribution in [0.5, 0.6) is 0 Å². The third-order valence-corrected chi connectivity index (χ3v) is 2.34. The molecule has 0 bridgehead atoms. The number of nitrogens with zero attached hydrogens (tertiary/aromatic N) is 3. The number of azide groups is 1. The lowest BCUT2D eigenvalue weighted by Crippen LogP contribution is -2.05. The summed E-state index contributed by atoms with van der Waals surface area (Å²) in [5.74, 6) is -0.975. The Morgan fingerprint density at radius 1 is 1.56 bits per heavy atom. The molecule has 5 nitrogen and oxygen atoms in total. The summed E-state index contributed by atoms with van der Waals surface area (Å²) in [4.78, 5) is 13.3. The molecule has 0 heterocycles. The highest BCUT2D eigenvalue weighted by Gasteiger charge is 2.15. The van der Waals surface area contributed by atoms with Crippen molar-refractivity contribution < 1.29 is 9.90 Å². The standard InChI is InChI=1S/C11H13N3O2/c1-7-3-4-9(8(2)5-7)10(13-14-12)6-11(15)16/h3-5,10H,6H2,1-2H3,(H,15,16). The van der Waals surface area contributed by atoms with Crippen molar-refractivity contribution in [1.82, 2.24) is 0 Å². The maximum Gasteiger partial charge on any atom is 0.304 e. The zero-order chi connectivity index (χ0) is 12.1. The van der Waals surface area contributed by atoms with E-state index >= 15 is 0 Å². The van der Waals surface area contributed by atoms with Crippen LogP contribution >= 0.6 is 0 Å². The summed E-state index contributed by atoms with van der Waals surface area (Å²) >= 11 is 0. The molecule has 84 valence electrons. The van der Waals surface area contributed by atoms with E-state index in [0.717, 1.165) is 16.7 Å². The molecule has 0 aliphatic heterocycles. The highest BCUT2D eigenvalue weighted by molar-refractivity contribution is 5.68. The van der Waals surface area contributed by atoms with Gasteiger partial charge in [0.1, 0.15) is 0 Å². The lowest BCUT2D eigenvalue weighted by atomic mass is 9.98. The van der Waals surface area contributed by atoms with Gasteiger partial charge in [0.05, 0.1) is 12.5 Å². The highest BCUT2D eigenvalue weighted by atomic mass is 16.4. The Kier molecular flexibility index (Phi) is 3.91. The van der Waals surface area contributed by atoms with Gasteiger partial charge in [0.2, 0.25) is 0 Å². The topological polar surface area (TPSA) is 86.1 Å². The Balaban J connectivity index is 3.10. The summed E-state index contributed by atoms with van der Waals surface area (Å²) in [5, 5.41) is 12.3. The molecule has 5 heteroatoms. The van der Waals surface area contributed by atoms with Gasteiger partial charge in [-0.3, -0.25) is 4.79 Å². The summed E-state index contributed by atoms with van der Waals surface area (Å²) in [6.45, 7) is 3.83. The van der Waals surface area contributed by atoms with Gasteiger partial charge >= 0.3 is 5.97 Å². The molecule has 0 aliphatic rings. The molecule has 0 saturated heterocycles. The Bertz CT molecular complexity index is 451. The van der Waals surface area contributed by atoms with Gasteiger partial charge in [-0.15, -0.1) is 0 Å². The number of carbonyl (C=O) groups is 1. The number of aliphatic carboxylic acids is 1. The lowest BCUT2D eigenvalue weighted by Gasteiger charge is -2.12. The molecule has 1 aromatic carbocycles. The summed E-state index contributed by atoms with van der Waals surface area (Å²) in [7, 11) is 0. The molecule has 0 fully saturated rings. The van der Waals surface area contributed by atoms with Gasteiger partial charge < -0.3 is 5.11 Å². The van der Waals surface area contributed by atoms with Crippen LogP contribution in [0.3, 0.4) is 0 Å². The fraction of sp³-hybridized carbons (Fsp3) is 0.364. The minimum absolute atomic E-state index is 0.187. The largest absolute Gasteiger partial charge is 0.481 e. The average molecular weight is 219 g/mol. The fourth-order valence-corrected chi connectivity index (χ4v) is 1.64. The maximum atomic E-state index is 10.7. The van der Waals surface area contributed by atoms with Crippen molar-refractivity contribution in [3.8, 4) is 0 Å². The van der Waals surface area contributed by atoms with Gasteiger partial charge in [0.15, 0.2) is 0 Å². The first-order chi connectivity index (χ1) is 7.54. The van der Waals surface area contributed by atoms with Crippen molar-refractivity contribution in [3.05, 3.63) is 45.3 Å². The molecule has 1 rings (SSSR count). The lowest BCUT2D eigenvalue weighted by molar-refractivity contribution is -0.137. The van der Waals surface area contributed by atoms with Crippen LogP contribution in [0.4, 0.5) is 0 Å². The van der Waals surface area contributed by atoms with E-state index in [9.17, 15) is 4.79 Å². The van der Waals surface area contributed by atoms with E-state index in [4.69, 9.17) is 10.6 Å². The first kappa shape index (κ1) is 12.1. The predicted octanol–water partition coefficient (Wildman–Crippen LogP) is 3.13. The first-order valence-electron chi connectivity index (χ1n) is 4.87. The summed E-state index contributed by atoms with van der Waals surface area (Å²) < 4.78 is 0. The number of benzene rings is 1. The smallest absolute Gasteiger partial charge is 0.304 e. The van der Waals surface area contributed by atoms with Crippen LogP contribution in [0.1, 0.15) is 29.2 Å². The number of rotatable bonds is 4. The molecule has 1 unspecified atom stereocenters. The van der Waals surface area contributed by atoms with Gasteiger partial charge in [0, 0.05) is 4.91 Å². The average Bonchev–Trinajstić information content (AvgIpc) is 2.16. The van der Waals surface area contributed by atoms with Gasteiger partial charge in [-0.05, 0) is 30.5 Å². The Labute approximate surface area is 93.3 Å². The molecule has 0 amide bonds. The fourth-order valence-electron chi connectivity index (χ4n) is 1.64. The molecule has 16 heavy (non-hydrogen) atoms. The predicted molar refractivity (Wildman–Crippen MR) is 60.1 cm³/mol. The Hall–Kier alpha value is -2.00. The molecule has 1 N–H and O–H groups in total. The van der Waals surface area contributed by atoms with Crippen molar-refractivity contribution in [2.24, 2.45) is 5.11 Å². The molecule has 0 aliphatic carbocycles. The third-order valence-electron chi connectivity index (χ3n) is 2.34.